The van der Waals surface area contributed by atoms with E-state index in [1.54, 1.807) is 24.3 Å². The average Bonchev–Trinajstić information content (AvgIpc) is 2.25. The third kappa shape index (κ3) is 3.98. The first-order chi connectivity index (χ1) is 7.91. The van der Waals surface area contributed by atoms with Crippen molar-refractivity contribution in [3.05, 3.63) is 41.5 Å². The van der Waals surface area contributed by atoms with Gasteiger partial charge in [-0.1, -0.05) is 56.1 Å². The zero-order valence-corrected chi connectivity index (χ0v) is 11.6. The van der Waals surface area contributed by atoms with Crippen LogP contribution in [0.1, 0.15) is 14.9 Å². The molecule has 17 heavy (non-hydrogen) atoms. The number of carbonyl (C=O) groups is 2. The number of aliphatic carboxylic acids is 2. The van der Waals surface area contributed by atoms with Gasteiger partial charge in [-0.2, -0.15) is 0 Å². The van der Waals surface area contributed by atoms with Crippen molar-refractivity contribution in [1.29, 1.82) is 0 Å². The van der Waals surface area contributed by atoms with Crippen LogP contribution < -0.4 is 0 Å². The second-order valence-corrected chi connectivity index (χ2v) is 6.18. The summed E-state index contributed by atoms with van der Waals surface area (Å²) in [5.74, 6) is -2.56. The van der Waals surface area contributed by atoms with Gasteiger partial charge in [0.15, 0.2) is 0 Å². The molecule has 0 aliphatic heterocycles. The van der Waals surface area contributed by atoms with E-state index in [0.717, 1.165) is 5.56 Å². The molecular formula is C11H8Br2O4. The van der Waals surface area contributed by atoms with Gasteiger partial charge < -0.3 is 10.2 Å². The Labute approximate surface area is 114 Å². The molecule has 0 amide bonds. The fraction of sp³-hybridized carbons (Fsp3) is 0.0909. The van der Waals surface area contributed by atoms with Crippen molar-refractivity contribution >= 4 is 49.4 Å². The Morgan fingerprint density at radius 3 is 2.00 bits per heavy atom. The lowest BCUT2D eigenvalue weighted by Crippen LogP contribution is -2.03. The Morgan fingerprint density at radius 2 is 1.65 bits per heavy atom. The lowest BCUT2D eigenvalue weighted by molar-refractivity contribution is -0.133. The number of alkyl halides is 2. The Morgan fingerprint density at radius 1 is 1.12 bits per heavy atom. The second-order valence-electron chi connectivity index (χ2n) is 3.12. The normalized spacial score (nSPS) is 11.6. The smallest absolute Gasteiger partial charge is 0.336 e. The minimum Gasteiger partial charge on any atom is -0.478 e. The van der Waals surface area contributed by atoms with E-state index in [0.29, 0.717) is 11.6 Å². The van der Waals surface area contributed by atoms with Crippen LogP contribution in [0.15, 0.2) is 30.3 Å². The molecule has 6 heteroatoms. The summed E-state index contributed by atoms with van der Waals surface area (Å²) in [5, 5.41) is 17.5. The molecule has 1 rings (SSSR count). The van der Waals surface area contributed by atoms with Crippen LogP contribution in [0.25, 0.3) is 5.57 Å². The molecule has 0 bridgehead atoms. The van der Waals surface area contributed by atoms with Crippen molar-refractivity contribution in [3.63, 3.8) is 0 Å². The van der Waals surface area contributed by atoms with Gasteiger partial charge in [-0.25, -0.2) is 9.59 Å². The van der Waals surface area contributed by atoms with Crippen LogP contribution in [0, 0.1) is 0 Å². The summed E-state index contributed by atoms with van der Waals surface area (Å²) in [5.41, 5.74) is 1.02. The topological polar surface area (TPSA) is 74.6 Å². The monoisotopic (exact) mass is 362 g/mol. The molecule has 0 heterocycles. The quantitative estimate of drug-likeness (QED) is 0.636. The van der Waals surface area contributed by atoms with Crippen molar-refractivity contribution in [2.75, 3.05) is 0 Å². The highest BCUT2D eigenvalue weighted by Crippen LogP contribution is 2.29. The van der Waals surface area contributed by atoms with E-state index < -0.39 is 11.9 Å². The molecule has 0 unspecified atom stereocenters. The Kier molecular flexibility index (Phi) is 4.89. The molecule has 0 atom stereocenters. The molecule has 1 aromatic rings. The number of carboxylic acids is 2. The van der Waals surface area contributed by atoms with Crippen LogP contribution in [0.3, 0.4) is 0 Å². The first-order valence-corrected chi connectivity index (χ1v) is 6.31. The van der Waals surface area contributed by atoms with Crippen LogP contribution >= 0.6 is 31.9 Å². The molecule has 2 N–H and O–H groups in total. The molecule has 0 aliphatic rings. The van der Waals surface area contributed by atoms with Gasteiger partial charge in [0.25, 0.3) is 0 Å². The molecular weight excluding hydrogens is 356 g/mol. The molecule has 0 aromatic heterocycles. The van der Waals surface area contributed by atoms with Crippen molar-refractivity contribution in [1.82, 2.24) is 0 Å². The Hall–Kier alpha value is -1.14. The van der Waals surface area contributed by atoms with Crippen molar-refractivity contribution in [2.24, 2.45) is 0 Å². The van der Waals surface area contributed by atoms with Gasteiger partial charge in [0, 0.05) is 6.08 Å². The first-order valence-electron chi connectivity index (χ1n) is 4.48. The third-order valence-electron chi connectivity index (χ3n) is 1.97. The number of halogens is 2. The molecule has 1 aromatic carbocycles. The summed E-state index contributed by atoms with van der Waals surface area (Å²) in [4.78, 5) is 21.4. The number of carboxylic acid groups (broad SMARTS) is 2. The summed E-state index contributed by atoms with van der Waals surface area (Å²) in [6.07, 6.45) is 0.678. The fourth-order valence-electron chi connectivity index (χ4n) is 1.20. The fourth-order valence-corrected chi connectivity index (χ4v) is 1.81. The summed E-state index contributed by atoms with van der Waals surface area (Å²) in [7, 11) is 0. The highest BCUT2D eigenvalue weighted by atomic mass is 79.9. The van der Waals surface area contributed by atoms with E-state index >= 15 is 0 Å². The molecule has 4 nitrogen and oxygen atoms in total. The zero-order valence-electron chi connectivity index (χ0n) is 8.43. The maximum atomic E-state index is 10.9. The summed E-state index contributed by atoms with van der Waals surface area (Å²) in [6.45, 7) is 0. The molecule has 0 spiro atoms. The highest BCUT2D eigenvalue weighted by Gasteiger charge is 2.12. The SMILES string of the molecule is O=C(O)/C=C(\C(=O)O)c1ccc(C(Br)Br)cc1. The standard InChI is InChI=1S/C11H8Br2O4/c12-10(13)7-3-1-6(2-4-7)8(11(16)17)5-9(14)15/h1-5,10H,(H,14,15)(H,16,17)/b8-5-. The lowest BCUT2D eigenvalue weighted by atomic mass is 10.0. The lowest BCUT2D eigenvalue weighted by Gasteiger charge is -2.05. The van der Waals surface area contributed by atoms with Crippen molar-refractivity contribution in [2.45, 2.75) is 3.74 Å². The number of benzene rings is 1. The van der Waals surface area contributed by atoms with Crippen LogP contribution in [0.4, 0.5) is 0 Å². The molecule has 0 aliphatic carbocycles. The van der Waals surface area contributed by atoms with Gasteiger partial charge in [0.05, 0.1) is 9.31 Å². The van der Waals surface area contributed by atoms with Gasteiger partial charge in [0.2, 0.25) is 0 Å². The Balaban J connectivity index is 3.13. The predicted molar refractivity (Wildman–Crippen MR) is 70.3 cm³/mol. The number of hydrogen-bond donors (Lipinski definition) is 2. The van der Waals surface area contributed by atoms with Gasteiger partial charge >= 0.3 is 11.9 Å². The zero-order chi connectivity index (χ0) is 13.0. The second kappa shape index (κ2) is 5.97. The van der Waals surface area contributed by atoms with E-state index in [-0.39, 0.29) is 9.31 Å². The van der Waals surface area contributed by atoms with Gasteiger partial charge in [-0.05, 0) is 11.1 Å². The van der Waals surface area contributed by atoms with E-state index in [2.05, 4.69) is 31.9 Å². The van der Waals surface area contributed by atoms with Crippen LogP contribution in [0.2, 0.25) is 0 Å². The predicted octanol–water partition coefficient (Wildman–Crippen LogP) is 3.03. The van der Waals surface area contributed by atoms with Crippen LogP contribution in [-0.4, -0.2) is 22.2 Å². The first kappa shape index (κ1) is 13.9. The van der Waals surface area contributed by atoms with Gasteiger partial charge in [-0.15, -0.1) is 0 Å². The van der Waals surface area contributed by atoms with Crippen molar-refractivity contribution < 1.29 is 19.8 Å². The minimum atomic E-state index is -1.29. The molecule has 90 valence electrons. The van der Waals surface area contributed by atoms with E-state index in [1.165, 1.54) is 0 Å². The third-order valence-corrected chi connectivity index (χ3v) is 3.03. The maximum Gasteiger partial charge on any atom is 0.336 e. The summed E-state index contributed by atoms with van der Waals surface area (Å²) in [6, 6.07) is 6.55. The largest absolute Gasteiger partial charge is 0.478 e. The molecule has 0 saturated carbocycles. The number of rotatable bonds is 4. The molecule has 0 radical (unpaired) electrons. The number of hydrogen-bond acceptors (Lipinski definition) is 2. The van der Waals surface area contributed by atoms with Crippen LogP contribution in [-0.2, 0) is 9.59 Å². The minimum absolute atomic E-state index is 0.0271. The molecule has 0 saturated heterocycles. The summed E-state index contributed by atoms with van der Waals surface area (Å²) >= 11 is 6.61. The highest BCUT2D eigenvalue weighted by molar-refractivity contribution is 9.24. The maximum absolute atomic E-state index is 10.9. The van der Waals surface area contributed by atoms with Gasteiger partial charge in [0.1, 0.15) is 0 Å². The van der Waals surface area contributed by atoms with Crippen molar-refractivity contribution in [3.8, 4) is 0 Å². The summed E-state index contributed by atoms with van der Waals surface area (Å²) < 4.78 is -0.0271. The van der Waals surface area contributed by atoms with Crippen LogP contribution in [0.5, 0.6) is 0 Å². The van der Waals surface area contributed by atoms with Gasteiger partial charge in [-0.3, -0.25) is 0 Å². The van der Waals surface area contributed by atoms with E-state index in [9.17, 15) is 9.59 Å². The van der Waals surface area contributed by atoms with E-state index in [4.69, 9.17) is 10.2 Å². The Bertz CT molecular complexity index is 463. The van der Waals surface area contributed by atoms with E-state index in [1.807, 2.05) is 0 Å². The molecule has 0 fully saturated rings. The average molecular weight is 364 g/mol.